The van der Waals surface area contributed by atoms with Crippen LogP contribution in [0.25, 0.3) is 0 Å². The Balaban J connectivity index is 1.42. The second kappa shape index (κ2) is 8.29. The smallest absolute Gasteiger partial charge is 0.449 e. The van der Waals surface area contributed by atoms with Gasteiger partial charge in [0.1, 0.15) is 12.1 Å². The minimum Gasteiger partial charge on any atom is -0.455 e. The van der Waals surface area contributed by atoms with Gasteiger partial charge in [0.25, 0.3) is 0 Å². The van der Waals surface area contributed by atoms with Crippen LogP contribution in [-0.4, -0.2) is 40.7 Å². The topological polar surface area (TPSA) is 67.4 Å². The lowest BCUT2D eigenvalue weighted by atomic mass is 10.1. The largest absolute Gasteiger partial charge is 0.455 e. The molecular formula is C20H20F3N5O2S. The van der Waals surface area contributed by atoms with Crippen LogP contribution in [0, 0.1) is 6.92 Å². The molecule has 0 spiro atoms. The van der Waals surface area contributed by atoms with Crippen LogP contribution >= 0.6 is 12.6 Å². The second-order valence-corrected chi connectivity index (χ2v) is 7.71. The molecule has 0 N–H and O–H groups in total. The molecule has 1 aliphatic rings. The fourth-order valence-electron chi connectivity index (χ4n) is 3.49. The molecule has 1 fully saturated rings. The summed E-state index contributed by atoms with van der Waals surface area (Å²) < 4.78 is 43.8. The maximum atomic E-state index is 12.7. The normalized spacial score (nSPS) is 14.9. The van der Waals surface area contributed by atoms with Gasteiger partial charge in [0.15, 0.2) is 0 Å². The number of thiol groups is 1. The lowest BCUT2D eigenvalue weighted by Gasteiger charge is -2.36. The zero-order valence-electron chi connectivity index (χ0n) is 16.6. The summed E-state index contributed by atoms with van der Waals surface area (Å²) in [5.74, 6) is -0.804. The van der Waals surface area contributed by atoms with Gasteiger partial charge in [-0.15, -0.1) is 12.6 Å². The average Bonchev–Trinajstić information content (AvgIpc) is 3.21. The van der Waals surface area contributed by atoms with E-state index in [-0.39, 0.29) is 12.3 Å². The monoisotopic (exact) mass is 451 g/mol. The molecule has 0 amide bonds. The Bertz CT molecular complexity index is 1140. The van der Waals surface area contributed by atoms with Crippen molar-refractivity contribution in [2.75, 3.05) is 36.0 Å². The van der Waals surface area contributed by atoms with Crippen LogP contribution in [0.15, 0.2) is 50.8 Å². The van der Waals surface area contributed by atoms with Crippen LogP contribution in [0.5, 0.6) is 0 Å². The summed E-state index contributed by atoms with van der Waals surface area (Å²) in [6, 6.07) is 8.00. The highest BCUT2D eigenvalue weighted by molar-refractivity contribution is 7.80. The third kappa shape index (κ3) is 4.55. The average molecular weight is 451 g/mol. The van der Waals surface area contributed by atoms with E-state index in [2.05, 4.69) is 33.6 Å². The van der Waals surface area contributed by atoms with E-state index in [1.165, 1.54) is 12.4 Å². The van der Waals surface area contributed by atoms with E-state index < -0.39 is 17.6 Å². The third-order valence-electron chi connectivity index (χ3n) is 5.20. The second-order valence-electron chi connectivity index (χ2n) is 7.23. The van der Waals surface area contributed by atoms with Gasteiger partial charge in [0.05, 0.1) is 6.54 Å². The van der Waals surface area contributed by atoms with Gasteiger partial charge in [0.2, 0.25) is 11.7 Å². The van der Waals surface area contributed by atoms with Crippen LogP contribution < -0.4 is 15.5 Å². The molecule has 0 radical (unpaired) electrons. The minimum absolute atomic E-state index is 0.00109. The van der Waals surface area contributed by atoms with Gasteiger partial charge in [-0.1, -0.05) is 6.07 Å². The molecule has 0 atom stereocenters. The summed E-state index contributed by atoms with van der Waals surface area (Å²) in [6.45, 7) is 4.58. The van der Waals surface area contributed by atoms with Crippen molar-refractivity contribution in [2.45, 2.75) is 24.5 Å². The first-order valence-electron chi connectivity index (χ1n) is 9.60. The highest BCUT2D eigenvalue weighted by Gasteiger charge is 2.34. The summed E-state index contributed by atoms with van der Waals surface area (Å²) in [7, 11) is 0. The number of rotatable bonds is 4. The summed E-state index contributed by atoms with van der Waals surface area (Å²) >= 11 is 4.48. The van der Waals surface area contributed by atoms with Crippen LogP contribution in [0.1, 0.15) is 17.1 Å². The molecule has 3 aromatic rings. The Hall–Kier alpha value is -2.95. The predicted octanol–water partition coefficient (Wildman–Crippen LogP) is 3.22. The molecule has 11 heteroatoms. The Kier molecular flexibility index (Phi) is 5.69. The van der Waals surface area contributed by atoms with E-state index in [1.807, 2.05) is 24.0 Å². The van der Waals surface area contributed by atoms with E-state index in [4.69, 9.17) is 4.42 Å². The molecule has 1 aromatic carbocycles. The molecule has 1 saturated heterocycles. The lowest BCUT2D eigenvalue weighted by molar-refractivity contribution is -0.153. The first kappa shape index (κ1) is 21.3. The van der Waals surface area contributed by atoms with E-state index >= 15 is 0 Å². The number of anilines is 2. The van der Waals surface area contributed by atoms with E-state index in [1.54, 1.807) is 0 Å². The van der Waals surface area contributed by atoms with Crippen LogP contribution in [0.2, 0.25) is 0 Å². The molecule has 164 valence electrons. The molecule has 0 saturated carbocycles. The molecule has 0 bridgehead atoms. The first-order valence-corrected chi connectivity index (χ1v) is 10.0. The van der Waals surface area contributed by atoms with Crippen molar-refractivity contribution in [3.63, 3.8) is 0 Å². The number of aromatic nitrogens is 3. The Morgan fingerprint density at radius 2 is 1.81 bits per heavy atom. The molecule has 1 aliphatic heterocycles. The molecule has 4 rings (SSSR count). The molecule has 2 aromatic heterocycles. The minimum atomic E-state index is -4.57. The number of hydrogen-bond acceptors (Lipinski definition) is 7. The summed E-state index contributed by atoms with van der Waals surface area (Å²) in [5, 5.41) is 0. The highest BCUT2D eigenvalue weighted by Crippen LogP contribution is 2.30. The van der Waals surface area contributed by atoms with Crippen molar-refractivity contribution >= 4 is 24.3 Å². The van der Waals surface area contributed by atoms with Gasteiger partial charge in [-0.3, -0.25) is 4.57 Å². The van der Waals surface area contributed by atoms with Crippen molar-refractivity contribution in [1.29, 1.82) is 0 Å². The van der Waals surface area contributed by atoms with Crippen molar-refractivity contribution < 1.29 is 17.6 Å². The lowest BCUT2D eigenvalue weighted by Crippen LogP contribution is -2.48. The van der Waals surface area contributed by atoms with Gasteiger partial charge >= 0.3 is 11.9 Å². The zero-order chi connectivity index (χ0) is 22.2. The maximum Gasteiger partial charge on any atom is 0.449 e. The quantitative estimate of drug-likeness (QED) is 0.615. The van der Waals surface area contributed by atoms with Crippen LogP contribution in [0.4, 0.5) is 24.8 Å². The zero-order valence-corrected chi connectivity index (χ0v) is 17.5. The van der Waals surface area contributed by atoms with Crippen LogP contribution in [-0.2, 0) is 12.7 Å². The Morgan fingerprint density at radius 1 is 1.10 bits per heavy atom. The summed E-state index contributed by atoms with van der Waals surface area (Å²) in [4.78, 5) is 25.7. The number of hydrogen-bond donors (Lipinski definition) is 1. The molecule has 31 heavy (non-hydrogen) atoms. The van der Waals surface area contributed by atoms with E-state index in [0.29, 0.717) is 19.0 Å². The van der Waals surface area contributed by atoms with Crippen molar-refractivity contribution in [1.82, 2.24) is 14.5 Å². The molecular weight excluding hydrogens is 431 g/mol. The van der Waals surface area contributed by atoms with Gasteiger partial charge in [-0.05, 0) is 36.8 Å². The highest BCUT2D eigenvalue weighted by atomic mass is 32.1. The van der Waals surface area contributed by atoms with Gasteiger partial charge in [0, 0.05) is 36.8 Å². The van der Waals surface area contributed by atoms with E-state index in [0.717, 1.165) is 39.9 Å². The van der Waals surface area contributed by atoms with Crippen molar-refractivity contribution in [3.05, 3.63) is 64.2 Å². The van der Waals surface area contributed by atoms with Crippen LogP contribution in [0.3, 0.4) is 0 Å². The Morgan fingerprint density at radius 3 is 2.45 bits per heavy atom. The molecule has 0 aliphatic carbocycles. The van der Waals surface area contributed by atoms with Gasteiger partial charge in [-0.2, -0.15) is 18.2 Å². The number of furan rings is 1. The number of halogens is 3. The summed E-state index contributed by atoms with van der Waals surface area (Å²) in [5.41, 5.74) is 1.64. The SMILES string of the molecule is Cc1c(S)cccc1N1CCN(c2ncn(Cc3ccc(C(F)(F)F)o3)c(=O)n2)CC1. The standard InChI is InChI=1S/C20H20F3N5O2S/c1-13-15(3-2-4-16(13)31)26-7-9-27(10-8-26)18-24-12-28(19(29)25-18)11-14-5-6-17(30-14)20(21,22)23/h2-6,12,31H,7-11H2,1H3. The number of piperazine rings is 1. The molecule has 0 unspecified atom stereocenters. The molecule has 3 heterocycles. The predicted molar refractivity (Wildman–Crippen MR) is 112 cm³/mol. The fraction of sp³-hybridized carbons (Fsp3) is 0.350. The van der Waals surface area contributed by atoms with Gasteiger partial charge in [-0.25, -0.2) is 9.78 Å². The van der Waals surface area contributed by atoms with Crippen molar-refractivity contribution in [2.24, 2.45) is 0 Å². The molecule has 7 nitrogen and oxygen atoms in total. The number of benzene rings is 1. The van der Waals surface area contributed by atoms with E-state index in [9.17, 15) is 18.0 Å². The Labute approximate surface area is 181 Å². The van der Waals surface area contributed by atoms with Gasteiger partial charge < -0.3 is 14.2 Å². The first-order chi connectivity index (χ1) is 14.7. The number of nitrogens with zero attached hydrogens (tertiary/aromatic N) is 5. The maximum absolute atomic E-state index is 12.7. The third-order valence-corrected chi connectivity index (χ3v) is 5.69. The summed E-state index contributed by atoms with van der Waals surface area (Å²) in [6.07, 6.45) is -3.29. The van der Waals surface area contributed by atoms with Crippen molar-refractivity contribution in [3.8, 4) is 0 Å². The number of alkyl halides is 3. The fourth-order valence-corrected chi connectivity index (χ4v) is 3.70.